The maximum Gasteiger partial charge on any atom is 0.451 e. The van der Waals surface area contributed by atoms with Crippen molar-refractivity contribution in [1.29, 1.82) is 0 Å². The zero-order valence-corrected chi connectivity index (χ0v) is 15.0. The fraction of sp³-hybridized carbons (Fsp3) is 0.333. The molecule has 1 aromatic heterocycles. The van der Waals surface area contributed by atoms with Crippen molar-refractivity contribution in [1.82, 2.24) is 20.6 Å². The van der Waals surface area contributed by atoms with Crippen LogP contribution in [-0.4, -0.2) is 40.5 Å². The third kappa shape index (κ3) is 4.86. The highest BCUT2D eigenvalue weighted by atomic mass is 19.4. The molecule has 2 amide bonds. The minimum Gasteiger partial charge on any atom is -0.366 e. The first-order valence-electron chi connectivity index (χ1n) is 8.62. The molecule has 0 bridgehead atoms. The average molecular weight is 411 g/mol. The number of nitrogens with zero attached hydrogens (tertiary/aromatic N) is 2. The number of aromatic nitrogens is 2. The molecule has 4 N–H and O–H groups in total. The van der Waals surface area contributed by atoms with Crippen molar-refractivity contribution in [2.24, 2.45) is 5.73 Å². The molecule has 0 saturated carbocycles. The van der Waals surface area contributed by atoms with E-state index in [1.54, 1.807) is 0 Å². The summed E-state index contributed by atoms with van der Waals surface area (Å²) in [7, 11) is 0. The Morgan fingerprint density at radius 2 is 1.90 bits per heavy atom. The number of rotatable bonds is 5. The summed E-state index contributed by atoms with van der Waals surface area (Å²) >= 11 is 0. The molecule has 1 aliphatic heterocycles. The van der Waals surface area contributed by atoms with Gasteiger partial charge in [-0.3, -0.25) is 9.59 Å². The number of carbonyl (C=O) groups excluding carboxylic acids is 2. The van der Waals surface area contributed by atoms with Crippen molar-refractivity contribution < 1.29 is 27.2 Å². The number of alkyl halides is 4. The highest BCUT2D eigenvalue weighted by Gasteiger charge is 2.34. The predicted octanol–water partition coefficient (Wildman–Crippen LogP) is 1.58. The van der Waals surface area contributed by atoms with Crippen LogP contribution in [0.4, 0.5) is 17.6 Å². The van der Waals surface area contributed by atoms with E-state index in [-0.39, 0.29) is 25.1 Å². The number of hydrogen-bond donors (Lipinski definition) is 3. The van der Waals surface area contributed by atoms with Gasteiger partial charge in [0.05, 0.1) is 6.04 Å². The molecule has 1 aromatic carbocycles. The van der Waals surface area contributed by atoms with Crippen LogP contribution in [0.3, 0.4) is 0 Å². The zero-order chi connectivity index (χ0) is 21.2. The van der Waals surface area contributed by atoms with Crippen LogP contribution in [0, 0.1) is 0 Å². The second-order valence-electron chi connectivity index (χ2n) is 6.54. The van der Waals surface area contributed by atoms with Gasteiger partial charge in [-0.05, 0) is 23.3 Å². The van der Waals surface area contributed by atoms with E-state index in [1.165, 1.54) is 18.2 Å². The number of nitrogens with two attached hydrogens (primary N) is 1. The first kappa shape index (κ1) is 20.6. The topological polar surface area (TPSA) is 110 Å². The van der Waals surface area contributed by atoms with E-state index in [4.69, 9.17) is 5.73 Å². The Morgan fingerprint density at radius 1 is 1.21 bits per heavy atom. The summed E-state index contributed by atoms with van der Waals surface area (Å²) < 4.78 is 51.1. The number of halogens is 4. The number of carbonyl (C=O) groups is 2. The molecule has 1 fully saturated rings. The molecule has 0 aliphatic carbocycles. The molecule has 3 rings (SSSR count). The fourth-order valence-corrected chi connectivity index (χ4v) is 2.98. The quantitative estimate of drug-likeness (QED) is 0.647. The normalized spacial score (nSPS) is 19.2. The molecule has 1 saturated heterocycles. The Hall–Kier alpha value is -3.08. The first-order chi connectivity index (χ1) is 13.6. The lowest BCUT2D eigenvalue weighted by molar-refractivity contribution is -0.145. The highest BCUT2D eigenvalue weighted by Crippen LogP contribution is 2.27. The smallest absolute Gasteiger partial charge is 0.366 e. The van der Waals surface area contributed by atoms with Gasteiger partial charge in [-0.25, -0.2) is 14.4 Å². The minimum absolute atomic E-state index is 0.0530. The van der Waals surface area contributed by atoms with Gasteiger partial charge in [-0.1, -0.05) is 6.07 Å². The van der Waals surface area contributed by atoms with Crippen LogP contribution in [0.25, 0.3) is 11.1 Å². The summed E-state index contributed by atoms with van der Waals surface area (Å²) in [5.41, 5.74) is 6.59. The molecule has 1 aliphatic rings. The van der Waals surface area contributed by atoms with Gasteiger partial charge in [0.15, 0.2) is 0 Å². The summed E-state index contributed by atoms with van der Waals surface area (Å²) in [6.07, 6.45) is -3.67. The summed E-state index contributed by atoms with van der Waals surface area (Å²) in [6.45, 7) is 0.0234. The molecule has 0 spiro atoms. The van der Waals surface area contributed by atoms with E-state index in [2.05, 4.69) is 20.6 Å². The Morgan fingerprint density at radius 3 is 2.45 bits per heavy atom. The second-order valence-corrected chi connectivity index (χ2v) is 6.54. The van der Waals surface area contributed by atoms with Crippen LogP contribution in [0.15, 0.2) is 30.6 Å². The number of hydrogen-bond acceptors (Lipinski definition) is 5. The van der Waals surface area contributed by atoms with Crippen LogP contribution in [0.2, 0.25) is 0 Å². The third-order valence-corrected chi connectivity index (χ3v) is 4.46. The molecule has 29 heavy (non-hydrogen) atoms. The lowest BCUT2D eigenvalue weighted by Crippen LogP contribution is -2.40. The van der Waals surface area contributed by atoms with Crippen LogP contribution >= 0.6 is 0 Å². The van der Waals surface area contributed by atoms with Gasteiger partial charge in [0, 0.05) is 43.0 Å². The van der Waals surface area contributed by atoms with Gasteiger partial charge < -0.3 is 16.4 Å². The SMILES string of the molecule is NC(=O)c1ccc(-c2cnc(C(F)(F)F)nc2)cc1CNC(=O)C1CC(F)CN1. The van der Waals surface area contributed by atoms with Gasteiger partial charge in [0.2, 0.25) is 17.6 Å². The molecule has 2 unspecified atom stereocenters. The van der Waals surface area contributed by atoms with Crippen molar-refractivity contribution in [2.45, 2.75) is 31.4 Å². The third-order valence-electron chi connectivity index (χ3n) is 4.46. The van der Waals surface area contributed by atoms with Gasteiger partial charge in [-0.15, -0.1) is 0 Å². The number of nitrogens with one attached hydrogen (secondary N) is 2. The Balaban J connectivity index is 1.80. The van der Waals surface area contributed by atoms with Crippen molar-refractivity contribution in [3.05, 3.63) is 47.5 Å². The lowest BCUT2D eigenvalue weighted by Gasteiger charge is -2.14. The first-order valence-corrected chi connectivity index (χ1v) is 8.62. The molecular formula is C18H17F4N5O2. The largest absolute Gasteiger partial charge is 0.451 e. The van der Waals surface area contributed by atoms with E-state index in [0.717, 1.165) is 12.4 Å². The van der Waals surface area contributed by atoms with E-state index in [9.17, 15) is 27.2 Å². The van der Waals surface area contributed by atoms with Crippen LogP contribution in [0.1, 0.15) is 28.2 Å². The maximum atomic E-state index is 13.2. The minimum atomic E-state index is -4.66. The molecule has 2 atom stereocenters. The molecule has 11 heteroatoms. The van der Waals surface area contributed by atoms with Crippen molar-refractivity contribution in [2.75, 3.05) is 6.54 Å². The number of amides is 2. The van der Waals surface area contributed by atoms with Gasteiger partial charge in [0.25, 0.3) is 0 Å². The van der Waals surface area contributed by atoms with Crippen LogP contribution in [0.5, 0.6) is 0 Å². The summed E-state index contributed by atoms with van der Waals surface area (Å²) in [6, 6.07) is 3.73. The predicted molar refractivity (Wildman–Crippen MR) is 94.1 cm³/mol. The van der Waals surface area contributed by atoms with Crippen molar-refractivity contribution in [3.8, 4) is 11.1 Å². The monoisotopic (exact) mass is 411 g/mol. The van der Waals surface area contributed by atoms with Gasteiger partial charge >= 0.3 is 6.18 Å². The molecule has 2 heterocycles. The molecule has 154 valence electrons. The molecule has 2 aromatic rings. The Bertz CT molecular complexity index is 917. The summed E-state index contributed by atoms with van der Waals surface area (Å²) in [5, 5.41) is 5.36. The number of benzene rings is 1. The maximum absolute atomic E-state index is 13.2. The lowest BCUT2D eigenvalue weighted by atomic mass is 10.00. The summed E-state index contributed by atoms with van der Waals surface area (Å²) in [4.78, 5) is 30.4. The van der Waals surface area contributed by atoms with E-state index >= 15 is 0 Å². The summed E-state index contributed by atoms with van der Waals surface area (Å²) in [5.74, 6) is -2.42. The van der Waals surface area contributed by atoms with Gasteiger partial charge in [0.1, 0.15) is 6.17 Å². The second kappa shape index (κ2) is 8.11. The Labute approximate surface area is 162 Å². The van der Waals surface area contributed by atoms with Gasteiger partial charge in [-0.2, -0.15) is 13.2 Å². The molecule has 0 radical (unpaired) electrons. The van der Waals surface area contributed by atoms with E-state index in [0.29, 0.717) is 16.7 Å². The van der Waals surface area contributed by atoms with Crippen LogP contribution in [-0.2, 0) is 17.5 Å². The highest BCUT2D eigenvalue weighted by molar-refractivity contribution is 5.95. The fourth-order valence-electron chi connectivity index (χ4n) is 2.98. The average Bonchev–Trinajstić information content (AvgIpc) is 3.11. The molecular weight excluding hydrogens is 394 g/mol. The molecule has 7 nitrogen and oxygen atoms in total. The van der Waals surface area contributed by atoms with E-state index < -0.39 is 36.0 Å². The van der Waals surface area contributed by atoms with Crippen LogP contribution < -0.4 is 16.4 Å². The zero-order valence-electron chi connectivity index (χ0n) is 15.0. The Kier molecular flexibility index (Phi) is 5.78. The number of primary amides is 1. The van der Waals surface area contributed by atoms with Crippen molar-refractivity contribution >= 4 is 11.8 Å². The van der Waals surface area contributed by atoms with Crippen molar-refractivity contribution in [3.63, 3.8) is 0 Å². The van der Waals surface area contributed by atoms with E-state index in [1.807, 2.05) is 0 Å². The standard InChI is InChI=1S/C18H17F4N5O2/c19-12-4-14(24-8-12)16(29)25-5-10-3-9(1-2-13(10)15(23)28)11-6-26-17(27-7-11)18(20,21)22/h1-3,6-7,12,14,24H,4-5,8H2,(H2,23,28)(H,25,29).